The summed E-state index contributed by atoms with van der Waals surface area (Å²) in [4.78, 5) is 11.9. The Labute approximate surface area is 131 Å². The number of rotatable bonds is 6. The molecular formula is C19H23NO2. The first-order chi connectivity index (χ1) is 10.6. The fraction of sp³-hybridized carbons (Fsp3) is 0.421. The quantitative estimate of drug-likeness (QED) is 0.877. The fourth-order valence-corrected chi connectivity index (χ4v) is 2.79. The van der Waals surface area contributed by atoms with E-state index in [0.717, 1.165) is 23.0 Å². The van der Waals surface area contributed by atoms with Gasteiger partial charge in [0.05, 0.1) is 0 Å². The van der Waals surface area contributed by atoms with Crippen LogP contribution in [0, 0.1) is 12.8 Å². The van der Waals surface area contributed by atoms with Crippen LogP contribution in [0.5, 0.6) is 0 Å². The third kappa shape index (κ3) is 3.79. The number of hydrogen-bond donors (Lipinski definition) is 1. The minimum atomic E-state index is 0.0687. The van der Waals surface area contributed by atoms with Crippen molar-refractivity contribution in [2.45, 2.75) is 45.6 Å². The SMILES string of the molecule is Cc1cccc(CNC(=O)CCc2ccc(C3CC3C)o2)c1. The number of aryl methyl sites for hydroxylation is 2. The molecule has 2 aromatic rings. The molecule has 1 aromatic carbocycles. The van der Waals surface area contributed by atoms with Crippen molar-refractivity contribution >= 4 is 5.91 Å². The number of furan rings is 1. The molecule has 0 spiro atoms. The second-order valence-electron chi connectivity index (χ2n) is 6.39. The monoisotopic (exact) mass is 297 g/mol. The van der Waals surface area contributed by atoms with E-state index in [1.807, 2.05) is 18.2 Å². The molecule has 3 nitrogen and oxygen atoms in total. The molecular weight excluding hydrogens is 274 g/mol. The van der Waals surface area contributed by atoms with Gasteiger partial charge in [0.2, 0.25) is 5.91 Å². The Balaban J connectivity index is 1.43. The molecule has 1 amide bonds. The molecule has 3 rings (SSSR count). The Bertz CT molecular complexity index is 659. The summed E-state index contributed by atoms with van der Waals surface area (Å²) in [5, 5.41) is 2.96. The number of carbonyl (C=O) groups excluding carboxylic acids is 1. The molecule has 0 bridgehead atoms. The van der Waals surface area contributed by atoms with Gasteiger partial charge in [0.25, 0.3) is 0 Å². The third-order valence-corrected chi connectivity index (χ3v) is 4.33. The van der Waals surface area contributed by atoms with E-state index in [9.17, 15) is 4.79 Å². The largest absolute Gasteiger partial charge is 0.466 e. The van der Waals surface area contributed by atoms with E-state index in [1.54, 1.807) is 0 Å². The summed E-state index contributed by atoms with van der Waals surface area (Å²) in [5.74, 6) is 3.42. The van der Waals surface area contributed by atoms with E-state index in [0.29, 0.717) is 25.3 Å². The highest BCUT2D eigenvalue weighted by molar-refractivity contribution is 5.76. The number of hydrogen-bond acceptors (Lipinski definition) is 2. The average molecular weight is 297 g/mol. The van der Waals surface area contributed by atoms with Gasteiger partial charge in [-0.3, -0.25) is 4.79 Å². The van der Waals surface area contributed by atoms with Crippen LogP contribution < -0.4 is 5.32 Å². The lowest BCUT2D eigenvalue weighted by molar-refractivity contribution is -0.121. The van der Waals surface area contributed by atoms with Crippen molar-refractivity contribution in [1.29, 1.82) is 0 Å². The highest BCUT2D eigenvalue weighted by Crippen LogP contribution is 2.47. The zero-order valence-corrected chi connectivity index (χ0v) is 13.3. The van der Waals surface area contributed by atoms with Gasteiger partial charge in [0, 0.05) is 25.3 Å². The van der Waals surface area contributed by atoms with Crippen molar-refractivity contribution in [2.24, 2.45) is 5.92 Å². The topological polar surface area (TPSA) is 42.2 Å². The number of benzene rings is 1. The molecule has 1 aliphatic rings. The Morgan fingerprint density at radius 1 is 1.32 bits per heavy atom. The van der Waals surface area contributed by atoms with Crippen molar-refractivity contribution < 1.29 is 9.21 Å². The minimum Gasteiger partial charge on any atom is -0.466 e. The summed E-state index contributed by atoms with van der Waals surface area (Å²) in [5.41, 5.74) is 2.35. The van der Waals surface area contributed by atoms with E-state index in [-0.39, 0.29) is 5.91 Å². The molecule has 1 aliphatic carbocycles. The van der Waals surface area contributed by atoms with Crippen LogP contribution in [-0.4, -0.2) is 5.91 Å². The molecule has 1 aromatic heterocycles. The zero-order chi connectivity index (χ0) is 15.5. The van der Waals surface area contributed by atoms with Gasteiger partial charge in [-0.05, 0) is 37.0 Å². The summed E-state index contributed by atoms with van der Waals surface area (Å²) in [7, 11) is 0. The van der Waals surface area contributed by atoms with Crippen LogP contribution in [0.1, 0.15) is 48.3 Å². The van der Waals surface area contributed by atoms with Gasteiger partial charge in [-0.2, -0.15) is 0 Å². The molecule has 1 saturated carbocycles. The molecule has 116 valence electrons. The summed E-state index contributed by atoms with van der Waals surface area (Å²) >= 11 is 0. The smallest absolute Gasteiger partial charge is 0.220 e. The second kappa shape index (κ2) is 6.39. The maximum absolute atomic E-state index is 11.9. The maximum atomic E-state index is 11.9. The first-order valence-electron chi connectivity index (χ1n) is 8.02. The predicted octanol–water partition coefficient (Wildman–Crippen LogP) is 3.96. The molecule has 3 heteroatoms. The van der Waals surface area contributed by atoms with Crippen LogP contribution in [-0.2, 0) is 17.8 Å². The van der Waals surface area contributed by atoms with Crippen LogP contribution in [0.2, 0.25) is 0 Å². The lowest BCUT2D eigenvalue weighted by Crippen LogP contribution is -2.22. The number of amides is 1. The molecule has 22 heavy (non-hydrogen) atoms. The normalized spacial score (nSPS) is 19.9. The van der Waals surface area contributed by atoms with E-state index < -0.39 is 0 Å². The van der Waals surface area contributed by atoms with Crippen LogP contribution in [0.15, 0.2) is 40.8 Å². The Kier molecular flexibility index (Phi) is 4.32. The number of nitrogens with one attached hydrogen (secondary N) is 1. The van der Waals surface area contributed by atoms with Crippen molar-refractivity contribution in [3.05, 3.63) is 59.0 Å². The van der Waals surface area contributed by atoms with E-state index in [2.05, 4.69) is 37.4 Å². The Hall–Kier alpha value is -2.03. The fourth-order valence-electron chi connectivity index (χ4n) is 2.79. The lowest BCUT2D eigenvalue weighted by Gasteiger charge is -2.05. The van der Waals surface area contributed by atoms with Crippen molar-refractivity contribution in [3.63, 3.8) is 0 Å². The van der Waals surface area contributed by atoms with Crippen molar-refractivity contribution in [2.75, 3.05) is 0 Å². The molecule has 0 aliphatic heterocycles. The van der Waals surface area contributed by atoms with Gasteiger partial charge in [0.1, 0.15) is 11.5 Å². The molecule has 0 saturated heterocycles. The highest BCUT2D eigenvalue weighted by atomic mass is 16.3. The van der Waals surface area contributed by atoms with Gasteiger partial charge in [-0.15, -0.1) is 0 Å². The van der Waals surface area contributed by atoms with Gasteiger partial charge in [0.15, 0.2) is 0 Å². The zero-order valence-electron chi connectivity index (χ0n) is 13.3. The van der Waals surface area contributed by atoms with E-state index in [4.69, 9.17) is 4.42 Å². The average Bonchev–Trinajstić information content (AvgIpc) is 3.05. The maximum Gasteiger partial charge on any atom is 0.220 e. The Morgan fingerprint density at radius 3 is 2.86 bits per heavy atom. The van der Waals surface area contributed by atoms with Gasteiger partial charge >= 0.3 is 0 Å². The standard InChI is InChI=1S/C19H23NO2/c1-13-4-3-5-15(10-13)12-20-19(21)9-7-16-6-8-18(22-16)17-11-14(17)2/h3-6,8,10,14,17H,7,9,11-12H2,1-2H3,(H,20,21). The highest BCUT2D eigenvalue weighted by Gasteiger charge is 2.36. The van der Waals surface area contributed by atoms with E-state index >= 15 is 0 Å². The van der Waals surface area contributed by atoms with Crippen LogP contribution in [0.25, 0.3) is 0 Å². The first kappa shape index (κ1) is 14.9. The summed E-state index contributed by atoms with van der Waals surface area (Å²) < 4.78 is 5.83. The summed E-state index contributed by atoms with van der Waals surface area (Å²) in [6.45, 7) is 4.88. The molecule has 1 fully saturated rings. The van der Waals surface area contributed by atoms with Crippen LogP contribution in [0.3, 0.4) is 0 Å². The molecule has 2 unspecified atom stereocenters. The summed E-state index contributed by atoms with van der Waals surface area (Å²) in [6.07, 6.45) is 2.36. The first-order valence-corrected chi connectivity index (χ1v) is 8.02. The van der Waals surface area contributed by atoms with Crippen molar-refractivity contribution in [3.8, 4) is 0 Å². The predicted molar refractivity (Wildman–Crippen MR) is 86.6 cm³/mol. The van der Waals surface area contributed by atoms with Crippen LogP contribution in [0.4, 0.5) is 0 Å². The molecule has 2 atom stereocenters. The third-order valence-electron chi connectivity index (χ3n) is 4.33. The summed E-state index contributed by atoms with van der Waals surface area (Å²) in [6, 6.07) is 12.3. The molecule has 0 radical (unpaired) electrons. The van der Waals surface area contributed by atoms with Crippen LogP contribution >= 0.6 is 0 Å². The minimum absolute atomic E-state index is 0.0687. The second-order valence-corrected chi connectivity index (χ2v) is 6.39. The van der Waals surface area contributed by atoms with Gasteiger partial charge in [-0.1, -0.05) is 36.8 Å². The lowest BCUT2D eigenvalue weighted by atomic mass is 10.1. The molecule has 1 N–H and O–H groups in total. The van der Waals surface area contributed by atoms with Crippen molar-refractivity contribution in [1.82, 2.24) is 5.32 Å². The number of carbonyl (C=O) groups is 1. The van der Waals surface area contributed by atoms with E-state index in [1.165, 1.54) is 12.0 Å². The Morgan fingerprint density at radius 2 is 2.14 bits per heavy atom. The van der Waals surface area contributed by atoms with Gasteiger partial charge in [-0.25, -0.2) is 0 Å². The molecule has 1 heterocycles. The van der Waals surface area contributed by atoms with Gasteiger partial charge < -0.3 is 9.73 Å².